The summed E-state index contributed by atoms with van der Waals surface area (Å²) >= 11 is 0. The molecule has 0 bridgehead atoms. The molecule has 0 spiro atoms. The fourth-order valence-electron chi connectivity index (χ4n) is 3.81. The highest BCUT2D eigenvalue weighted by molar-refractivity contribution is 6.07. The van der Waals surface area contributed by atoms with Crippen LogP contribution >= 0.6 is 0 Å². The SMILES string of the molecule is O=C1C=CN=C(N2CCC(C(=O)N3N=CC[C@H]3c3ccccc3)CC2)C1. The van der Waals surface area contributed by atoms with Crippen LogP contribution in [-0.4, -0.2) is 46.7 Å². The molecule has 0 saturated carbocycles. The predicted molar refractivity (Wildman–Crippen MR) is 99.6 cm³/mol. The van der Waals surface area contributed by atoms with Gasteiger partial charge in [-0.2, -0.15) is 5.10 Å². The first-order valence-electron chi connectivity index (χ1n) is 9.14. The number of nitrogens with zero attached hydrogens (tertiary/aromatic N) is 4. The minimum Gasteiger partial charge on any atom is -0.360 e. The Balaban J connectivity index is 1.39. The molecular formula is C20H22N4O2. The van der Waals surface area contributed by atoms with E-state index in [1.54, 1.807) is 11.2 Å². The van der Waals surface area contributed by atoms with Gasteiger partial charge in [-0.15, -0.1) is 0 Å². The lowest BCUT2D eigenvalue weighted by Crippen LogP contribution is -2.44. The van der Waals surface area contributed by atoms with Crippen LogP contribution in [-0.2, 0) is 9.59 Å². The zero-order valence-electron chi connectivity index (χ0n) is 14.6. The van der Waals surface area contributed by atoms with Crippen molar-refractivity contribution in [3.63, 3.8) is 0 Å². The molecule has 6 heteroatoms. The number of amidine groups is 1. The smallest absolute Gasteiger partial charge is 0.246 e. The summed E-state index contributed by atoms with van der Waals surface area (Å²) in [6, 6.07) is 10.1. The van der Waals surface area contributed by atoms with Crippen LogP contribution in [0.2, 0.25) is 0 Å². The largest absolute Gasteiger partial charge is 0.360 e. The summed E-state index contributed by atoms with van der Waals surface area (Å²) in [4.78, 5) is 31.0. The van der Waals surface area contributed by atoms with Crippen molar-refractivity contribution in [2.75, 3.05) is 13.1 Å². The average molecular weight is 350 g/mol. The molecule has 1 aromatic carbocycles. The third kappa shape index (κ3) is 3.31. The molecule has 0 N–H and O–H groups in total. The zero-order chi connectivity index (χ0) is 17.9. The number of amides is 1. The summed E-state index contributed by atoms with van der Waals surface area (Å²) in [5.41, 5.74) is 1.12. The van der Waals surface area contributed by atoms with Gasteiger partial charge < -0.3 is 4.90 Å². The summed E-state index contributed by atoms with van der Waals surface area (Å²) in [7, 11) is 0. The molecule has 1 amide bonds. The average Bonchev–Trinajstić information content (AvgIpc) is 3.18. The summed E-state index contributed by atoms with van der Waals surface area (Å²) in [6.45, 7) is 1.51. The second kappa shape index (κ2) is 7.23. The Hall–Kier alpha value is -2.76. The van der Waals surface area contributed by atoms with Gasteiger partial charge >= 0.3 is 0 Å². The van der Waals surface area contributed by atoms with Crippen molar-refractivity contribution < 1.29 is 9.59 Å². The molecule has 134 valence electrons. The molecule has 0 aromatic heterocycles. The van der Waals surface area contributed by atoms with Gasteiger partial charge in [0.05, 0.1) is 12.5 Å². The number of allylic oxidation sites excluding steroid dienone is 1. The molecule has 0 unspecified atom stereocenters. The Morgan fingerprint density at radius 3 is 2.62 bits per heavy atom. The molecule has 0 radical (unpaired) electrons. The quantitative estimate of drug-likeness (QED) is 0.823. The van der Waals surface area contributed by atoms with Crippen molar-refractivity contribution in [1.82, 2.24) is 9.91 Å². The maximum absolute atomic E-state index is 13.0. The van der Waals surface area contributed by atoms with E-state index in [4.69, 9.17) is 0 Å². The number of hydrogen-bond donors (Lipinski definition) is 0. The number of hydrazone groups is 1. The summed E-state index contributed by atoms with van der Waals surface area (Å²) in [5.74, 6) is 0.993. The molecule has 6 nitrogen and oxygen atoms in total. The number of likely N-dealkylation sites (tertiary alicyclic amines) is 1. The van der Waals surface area contributed by atoms with Crippen molar-refractivity contribution in [2.45, 2.75) is 31.7 Å². The van der Waals surface area contributed by atoms with Crippen LogP contribution < -0.4 is 0 Å². The molecule has 3 aliphatic rings. The van der Waals surface area contributed by atoms with Gasteiger partial charge in [-0.05, 0) is 24.5 Å². The topological polar surface area (TPSA) is 65.3 Å². The van der Waals surface area contributed by atoms with Gasteiger partial charge in [0.2, 0.25) is 5.91 Å². The molecule has 3 aliphatic heterocycles. The number of ketones is 1. The molecule has 3 heterocycles. The van der Waals surface area contributed by atoms with Crippen LogP contribution in [0.1, 0.15) is 37.3 Å². The van der Waals surface area contributed by atoms with Crippen LogP contribution in [0.15, 0.2) is 52.7 Å². The lowest BCUT2D eigenvalue weighted by Gasteiger charge is -2.35. The van der Waals surface area contributed by atoms with Gasteiger partial charge in [0.1, 0.15) is 5.84 Å². The van der Waals surface area contributed by atoms with Crippen LogP contribution in [0.5, 0.6) is 0 Å². The van der Waals surface area contributed by atoms with Gasteiger partial charge in [-0.3, -0.25) is 9.59 Å². The van der Waals surface area contributed by atoms with Gasteiger partial charge in [0.25, 0.3) is 0 Å². The first kappa shape index (κ1) is 16.7. The number of rotatable bonds is 2. The number of carbonyl (C=O) groups excluding carboxylic acids is 2. The van der Waals surface area contributed by atoms with Gasteiger partial charge in [0.15, 0.2) is 5.78 Å². The molecule has 1 saturated heterocycles. The number of piperidine rings is 1. The van der Waals surface area contributed by atoms with Crippen LogP contribution in [0.4, 0.5) is 0 Å². The maximum Gasteiger partial charge on any atom is 0.246 e. The highest BCUT2D eigenvalue weighted by Crippen LogP contribution is 2.31. The Labute approximate surface area is 152 Å². The number of aliphatic imine (C=N–C) groups is 1. The molecule has 4 rings (SSSR count). The zero-order valence-corrected chi connectivity index (χ0v) is 14.6. The number of hydrogen-bond acceptors (Lipinski definition) is 5. The second-order valence-electron chi connectivity index (χ2n) is 6.91. The summed E-state index contributed by atoms with van der Waals surface area (Å²) in [6.07, 6.45) is 7.57. The van der Waals surface area contributed by atoms with E-state index in [2.05, 4.69) is 15.0 Å². The molecule has 26 heavy (non-hydrogen) atoms. The van der Waals surface area contributed by atoms with Crippen LogP contribution in [0.25, 0.3) is 0 Å². The Bertz CT molecular complexity index is 776. The normalized spacial score (nSPS) is 23.5. The van der Waals surface area contributed by atoms with Gasteiger partial charge in [0, 0.05) is 37.8 Å². The second-order valence-corrected chi connectivity index (χ2v) is 6.91. The van der Waals surface area contributed by atoms with E-state index in [1.165, 1.54) is 6.08 Å². The van der Waals surface area contributed by atoms with Gasteiger partial charge in [-0.1, -0.05) is 30.3 Å². The summed E-state index contributed by atoms with van der Waals surface area (Å²) in [5, 5.41) is 6.02. The molecular weight excluding hydrogens is 328 g/mol. The molecule has 1 aromatic rings. The van der Waals surface area contributed by atoms with E-state index in [0.717, 1.165) is 43.8 Å². The number of benzene rings is 1. The first-order chi connectivity index (χ1) is 12.7. The van der Waals surface area contributed by atoms with Crippen molar-refractivity contribution in [3.8, 4) is 0 Å². The molecule has 1 atom stereocenters. The third-order valence-electron chi connectivity index (χ3n) is 5.27. The van der Waals surface area contributed by atoms with Crippen molar-refractivity contribution in [1.29, 1.82) is 0 Å². The number of carbonyl (C=O) groups is 2. The minimum atomic E-state index is -0.0249. The van der Waals surface area contributed by atoms with Crippen molar-refractivity contribution >= 4 is 23.7 Å². The Morgan fingerprint density at radius 1 is 1.12 bits per heavy atom. The molecule has 1 fully saturated rings. The monoisotopic (exact) mass is 350 g/mol. The van der Waals surface area contributed by atoms with Crippen molar-refractivity contribution in [2.24, 2.45) is 16.0 Å². The van der Waals surface area contributed by atoms with E-state index >= 15 is 0 Å². The lowest BCUT2D eigenvalue weighted by atomic mass is 9.94. The first-order valence-corrected chi connectivity index (χ1v) is 9.14. The summed E-state index contributed by atoms with van der Waals surface area (Å²) < 4.78 is 0. The van der Waals surface area contributed by atoms with E-state index in [0.29, 0.717) is 6.42 Å². The van der Waals surface area contributed by atoms with E-state index in [-0.39, 0.29) is 23.7 Å². The lowest BCUT2D eigenvalue weighted by molar-refractivity contribution is -0.138. The minimum absolute atomic E-state index is 0.00667. The standard InChI is InChI=1S/C20H22N4O2/c25-17-6-10-21-19(14-17)23-12-8-16(9-13-23)20(26)24-18(7-11-22-24)15-4-2-1-3-5-15/h1-6,10-11,16,18H,7-9,12-14H2/t18-/m0/s1. The highest BCUT2D eigenvalue weighted by atomic mass is 16.2. The predicted octanol–water partition coefficient (Wildman–Crippen LogP) is 2.54. The highest BCUT2D eigenvalue weighted by Gasteiger charge is 2.35. The van der Waals surface area contributed by atoms with Gasteiger partial charge in [-0.25, -0.2) is 10.0 Å². The fraction of sp³-hybridized carbons (Fsp3) is 0.400. The van der Waals surface area contributed by atoms with E-state index in [9.17, 15) is 9.59 Å². The van der Waals surface area contributed by atoms with E-state index < -0.39 is 0 Å². The van der Waals surface area contributed by atoms with Crippen LogP contribution in [0.3, 0.4) is 0 Å². The van der Waals surface area contributed by atoms with E-state index in [1.807, 2.05) is 36.5 Å². The Kier molecular flexibility index (Phi) is 4.65. The Morgan fingerprint density at radius 2 is 1.88 bits per heavy atom. The van der Waals surface area contributed by atoms with Crippen LogP contribution in [0, 0.1) is 5.92 Å². The maximum atomic E-state index is 13.0. The fourth-order valence-corrected chi connectivity index (χ4v) is 3.81. The van der Waals surface area contributed by atoms with Crippen molar-refractivity contribution in [3.05, 3.63) is 48.2 Å². The molecule has 0 aliphatic carbocycles. The third-order valence-corrected chi connectivity index (χ3v) is 5.27.